The van der Waals surface area contributed by atoms with Crippen LogP contribution in [0.1, 0.15) is 31.0 Å². The molecule has 1 atom stereocenters. The highest BCUT2D eigenvalue weighted by Crippen LogP contribution is 2.40. The topological polar surface area (TPSA) is 21.7 Å². The van der Waals surface area contributed by atoms with Gasteiger partial charge in [0, 0.05) is 12.6 Å². The summed E-state index contributed by atoms with van der Waals surface area (Å²) in [6, 6.07) is 4.56. The van der Waals surface area contributed by atoms with E-state index in [0.29, 0.717) is 18.5 Å². The molecule has 3 heteroatoms. The van der Waals surface area contributed by atoms with Crippen LogP contribution in [-0.2, 0) is 6.42 Å². The lowest BCUT2D eigenvalue weighted by Gasteiger charge is -2.39. The highest BCUT2D eigenvalue weighted by molar-refractivity contribution is 5.49. The second kappa shape index (κ2) is 6.19. The third-order valence-corrected chi connectivity index (χ3v) is 3.95. The molecule has 1 aromatic rings. The van der Waals surface area contributed by atoms with E-state index >= 15 is 0 Å². The lowest BCUT2D eigenvalue weighted by Crippen LogP contribution is -2.38. The molecule has 20 heavy (non-hydrogen) atoms. The Morgan fingerprint density at radius 3 is 2.50 bits per heavy atom. The van der Waals surface area contributed by atoms with Gasteiger partial charge in [-0.05, 0) is 35.6 Å². The third kappa shape index (κ3) is 2.62. The molecule has 0 aromatic heterocycles. The molecule has 0 bridgehead atoms. The number of hydrogen-bond acceptors (Lipinski definition) is 3. The lowest BCUT2D eigenvalue weighted by molar-refractivity contribution is 0.163. The smallest absolute Gasteiger partial charge is 0.161 e. The summed E-state index contributed by atoms with van der Waals surface area (Å²) in [4.78, 5) is 2.37. The van der Waals surface area contributed by atoms with Crippen molar-refractivity contribution in [3.05, 3.63) is 23.3 Å². The minimum Gasteiger partial charge on any atom is -0.493 e. The normalized spacial score (nSPS) is 18.5. The molecule has 0 radical (unpaired) electrons. The molecule has 1 unspecified atom stereocenters. The predicted octanol–water partition coefficient (Wildman–Crippen LogP) is 2.89. The van der Waals surface area contributed by atoms with Gasteiger partial charge in [0.15, 0.2) is 11.5 Å². The number of rotatable bonds is 4. The summed E-state index contributed by atoms with van der Waals surface area (Å²) in [5.74, 6) is 4.87. The van der Waals surface area contributed by atoms with Crippen LogP contribution in [0.2, 0.25) is 0 Å². The first-order valence-electron chi connectivity index (χ1n) is 7.04. The Labute approximate surface area is 121 Å². The van der Waals surface area contributed by atoms with Gasteiger partial charge in [0.2, 0.25) is 0 Å². The molecule has 2 rings (SSSR count). The molecule has 1 aliphatic rings. The Hall–Kier alpha value is -1.66. The van der Waals surface area contributed by atoms with Crippen molar-refractivity contribution < 1.29 is 9.47 Å². The fourth-order valence-corrected chi connectivity index (χ4v) is 3.10. The fourth-order valence-electron chi connectivity index (χ4n) is 3.10. The zero-order chi connectivity index (χ0) is 14.7. The zero-order valence-electron chi connectivity index (χ0n) is 12.8. The Balaban J connectivity index is 2.48. The molecule has 0 saturated carbocycles. The maximum absolute atomic E-state index is 5.51. The molecule has 1 aliphatic heterocycles. The SMILES string of the molecule is C#CCN1CCc2cc(OC)c(OC)cc2C1C(C)C. The maximum Gasteiger partial charge on any atom is 0.161 e. The van der Waals surface area contributed by atoms with Crippen LogP contribution in [0.3, 0.4) is 0 Å². The van der Waals surface area contributed by atoms with Crippen molar-refractivity contribution in [1.29, 1.82) is 0 Å². The van der Waals surface area contributed by atoms with Gasteiger partial charge >= 0.3 is 0 Å². The van der Waals surface area contributed by atoms with Crippen molar-refractivity contribution in [1.82, 2.24) is 4.90 Å². The van der Waals surface area contributed by atoms with Crippen LogP contribution in [0.4, 0.5) is 0 Å². The average molecular weight is 273 g/mol. The Bertz CT molecular complexity index is 516. The van der Waals surface area contributed by atoms with Crippen LogP contribution in [0.25, 0.3) is 0 Å². The van der Waals surface area contributed by atoms with Gasteiger partial charge in [0.05, 0.1) is 20.8 Å². The van der Waals surface area contributed by atoms with E-state index in [1.165, 1.54) is 11.1 Å². The number of terminal acetylenes is 1. The first-order chi connectivity index (χ1) is 9.62. The van der Waals surface area contributed by atoms with Crippen molar-refractivity contribution in [3.8, 4) is 23.8 Å². The minimum atomic E-state index is 0.342. The first-order valence-corrected chi connectivity index (χ1v) is 7.04. The molecule has 0 N–H and O–H groups in total. The quantitative estimate of drug-likeness (QED) is 0.787. The van der Waals surface area contributed by atoms with Crippen LogP contribution in [0, 0.1) is 18.3 Å². The van der Waals surface area contributed by atoms with Crippen LogP contribution in [0.5, 0.6) is 11.5 Å². The van der Waals surface area contributed by atoms with Crippen molar-refractivity contribution in [3.63, 3.8) is 0 Å². The molecule has 108 valence electrons. The molecule has 0 saturated heterocycles. The summed E-state index contributed by atoms with van der Waals surface area (Å²) in [5.41, 5.74) is 2.66. The van der Waals surface area contributed by atoms with E-state index in [-0.39, 0.29) is 0 Å². The van der Waals surface area contributed by atoms with E-state index in [9.17, 15) is 0 Å². The second-order valence-corrected chi connectivity index (χ2v) is 5.52. The predicted molar refractivity (Wildman–Crippen MR) is 81.2 cm³/mol. The van der Waals surface area contributed by atoms with Crippen molar-refractivity contribution in [2.45, 2.75) is 26.3 Å². The summed E-state index contributed by atoms with van der Waals surface area (Å²) in [5, 5.41) is 0. The third-order valence-electron chi connectivity index (χ3n) is 3.95. The lowest BCUT2D eigenvalue weighted by atomic mass is 9.86. The Morgan fingerprint density at radius 2 is 1.95 bits per heavy atom. The molecule has 1 heterocycles. The van der Waals surface area contributed by atoms with Gasteiger partial charge in [0.25, 0.3) is 0 Å². The number of fused-ring (bicyclic) bond motifs is 1. The number of benzene rings is 1. The molecule has 0 spiro atoms. The summed E-state index contributed by atoms with van der Waals surface area (Å²) in [6.45, 7) is 6.16. The van der Waals surface area contributed by atoms with Gasteiger partial charge in [0.1, 0.15) is 0 Å². The summed E-state index contributed by atoms with van der Waals surface area (Å²) >= 11 is 0. The van der Waals surface area contributed by atoms with E-state index in [4.69, 9.17) is 15.9 Å². The molecule has 0 amide bonds. The maximum atomic E-state index is 5.51. The Kier molecular flexibility index (Phi) is 4.57. The van der Waals surface area contributed by atoms with Gasteiger partial charge in [-0.3, -0.25) is 4.90 Å². The van der Waals surface area contributed by atoms with Crippen molar-refractivity contribution in [2.24, 2.45) is 5.92 Å². The van der Waals surface area contributed by atoms with Gasteiger partial charge in [-0.25, -0.2) is 0 Å². The number of hydrogen-bond donors (Lipinski definition) is 0. The van der Waals surface area contributed by atoms with Crippen LogP contribution >= 0.6 is 0 Å². The van der Waals surface area contributed by atoms with Gasteiger partial charge in [-0.15, -0.1) is 6.42 Å². The van der Waals surface area contributed by atoms with E-state index < -0.39 is 0 Å². The van der Waals surface area contributed by atoms with E-state index in [1.807, 2.05) is 0 Å². The first kappa shape index (κ1) is 14.7. The van der Waals surface area contributed by atoms with Crippen LogP contribution in [-0.4, -0.2) is 32.2 Å². The summed E-state index contributed by atoms with van der Waals surface area (Å²) in [7, 11) is 3.36. The van der Waals surface area contributed by atoms with Gasteiger partial charge in [-0.2, -0.15) is 0 Å². The largest absolute Gasteiger partial charge is 0.493 e. The van der Waals surface area contributed by atoms with Crippen LogP contribution < -0.4 is 9.47 Å². The summed E-state index contributed by atoms with van der Waals surface area (Å²) in [6.07, 6.45) is 6.51. The number of nitrogens with zero attached hydrogens (tertiary/aromatic N) is 1. The monoisotopic (exact) mass is 273 g/mol. The molecule has 0 fully saturated rings. The van der Waals surface area contributed by atoms with Crippen LogP contribution in [0.15, 0.2) is 12.1 Å². The van der Waals surface area contributed by atoms with E-state index in [2.05, 4.69) is 36.8 Å². The highest BCUT2D eigenvalue weighted by atomic mass is 16.5. The molecule has 0 aliphatic carbocycles. The van der Waals surface area contributed by atoms with Crippen molar-refractivity contribution in [2.75, 3.05) is 27.3 Å². The molecular formula is C17H23NO2. The standard InChI is InChI=1S/C17H23NO2/c1-6-8-18-9-7-13-10-15(19-4)16(20-5)11-14(13)17(18)12(2)3/h1,10-12,17H,7-9H2,2-5H3. The summed E-state index contributed by atoms with van der Waals surface area (Å²) < 4.78 is 10.8. The van der Waals surface area contributed by atoms with E-state index in [1.54, 1.807) is 14.2 Å². The van der Waals surface area contributed by atoms with Crippen molar-refractivity contribution >= 4 is 0 Å². The number of ether oxygens (including phenoxy) is 2. The minimum absolute atomic E-state index is 0.342. The van der Waals surface area contributed by atoms with E-state index in [0.717, 1.165) is 24.5 Å². The highest BCUT2D eigenvalue weighted by Gasteiger charge is 2.30. The zero-order valence-corrected chi connectivity index (χ0v) is 12.8. The average Bonchev–Trinajstić information content (AvgIpc) is 2.45. The van der Waals surface area contributed by atoms with Gasteiger partial charge < -0.3 is 9.47 Å². The molecular weight excluding hydrogens is 250 g/mol. The fraction of sp³-hybridized carbons (Fsp3) is 0.529. The second-order valence-electron chi connectivity index (χ2n) is 5.52. The number of methoxy groups -OCH3 is 2. The van der Waals surface area contributed by atoms with Gasteiger partial charge in [-0.1, -0.05) is 19.8 Å². The molecule has 3 nitrogen and oxygen atoms in total. The molecule has 1 aromatic carbocycles. The Morgan fingerprint density at radius 1 is 1.30 bits per heavy atom.